The van der Waals surface area contributed by atoms with Gasteiger partial charge in [-0.3, -0.25) is 9.59 Å². The van der Waals surface area contributed by atoms with E-state index in [4.69, 9.17) is 4.74 Å². The lowest BCUT2D eigenvalue weighted by atomic mass is 9.83. The summed E-state index contributed by atoms with van der Waals surface area (Å²) in [4.78, 5) is 25.3. The first kappa shape index (κ1) is 17.1. The van der Waals surface area contributed by atoms with Gasteiger partial charge in [0.1, 0.15) is 11.5 Å². The van der Waals surface area contributed by atoms with Crippen LogP contribution >= 0.6 is 0 Å². The highest BCUT2D eigenvalue weighted by Gasteiger charge is 2.34. The van der Waals surface area contributed by atoms with Crippen LogP contribution in [0.3, 0.4) is 0 Å². The number of hydrogen-bond donors (Lipinski definition) is 1. The maximum Gasteiger partial charge on any atom is 0.198 e. The second-order valence-corrected chi connectivity index (χ2v) is 7.02. The Morgan fingerprint density at radius 3 is 2.16 bits per heavy atom. The van der Waals surface area contributed by atoms with Gasteiger partial charge in [-0.1, -0.05) is 24.3 Å². The van der Waals surface area contributed by atoms with E-state index in [0.29, 0.717) is 0 Å². The van der Waals surface area contributed by atoms with E-state index < -0.39 is 27.4 Å². The molecule has 130 valence electrons. The third-order valence-electron chi connectivity index (χ3n) is 3.81. The van der Waals surface area contributed by atoms with E-state index in [9.17, 15) is 27.7 Å². The monoisotopic (exact) mass is 361 g/mol. The number of rotatable bonds is 5. The van der Waals surface area contributed by atoms with Gasteiger partial charge in [-0.25, -0.2) is 8.42 Å². The van der Waals surface area contributed by atoms with Crippen molar-refractivity contribution in [3.8, 4) is 11.5 Å². The summed E-state index contributed by atoms with van der Waals surface area (Å²) in [5, 5.41) is 10.0. The fraction of sp³-hybridized carbons (Fsp3) is 0.176. The molecule has 0 saturated heterocycles. The van der Waals surface area contributed by atoms with Crippen molar-refractivity contribution in [1.29, 1.82) is 0 Å². The molecule has 0 amide bonds. The van der Waals surface area contributed by atoms with E-state index in [2.05, 4.69) is 0 Å². The molecule has 0 heterocycles. The van der Waals surface area contributed by atoms with Crippen molar-refractivity contribution in [3.05, 3.63) is 58.7 Å². The van der Waals surface area contributed by atoms with E-state index in [-0.39, 0.29) is 46.8 Å². The molecule has 2 aromatic rings. The number of fused-ring (bicyclic) bond motifs is 2. The van der Waals surface area contributed by atoms with Gasteiger partial charge in [0.15, 0.2) is 11.6 Å². The van der Waals surface area contributed by atoms with Gasteiger partial charge in [0.25, 0.3) is 0 Å². The Labute approximate surface area is 143 Å². The summed E-state index contributed by atoms with van der Waals surface area (Å²) in [7, 11) is -4.35. The topological polar surface area (TPSA) is 121 Å². The third kappa shape index (κ3) is 3.26. The maximum absolute atomic E-state index is 12.7. The highest BCUT2D eigenvalue weighted by molar-refractivity contribution is 7.85. The smallest absolute Gasteiger partial charge is 0.198 e. The molecule has 0 saturated carbocycles. The van der Waals surface area contributed by atoms with Crippen molar-refractivity contribution < 1.29 is 32.4 Å². The summed E-state index contributed by atoms with van der Waals surface area (Å²) in [6, 6.07) is 8.82. The molecule has 0 spiro atoms. The second-order valence-electron chi connectivity index (χ2n) is 5.50. The standard InChI is InChI=1S/C17H14O7S/c18-12-6-7-13(24-8-3-9-25(21,22)23)15-14(12)16(19)10-4-1-2-5-11(10)17(15)20/h1-2,4-7,18H,3,8-9H2,(H,21,22,23)/p-1. The number of benzene rings is 2. The lowest BCUT2D eigenvalue weighted by Crippen LogP contribution is -2.22. The predicted octanol–water partition coefficient (Wildman–Crippen LogP) is 1.48. The summed E-state index contributed by atoms with van der Waals surface area (Å²) in [6.45, 7) is -0.123. The summed E-state index contributed by atoms with van der Waals surface area (Å²) in [5.74, 6) is -1.83. The molecule has 0 atom stereocenters. The number of carbonyl (C=O) groups is 2. The Morgan fingerprint density at radius 1 is 0.960 bits per heavy atom. The van der Waals surface area contributed by atoms with Gasteiger partial charge in [-0.05, 0) is 18.6 Å². The Kier molecular flexibility index (Phi) is 4.32. The van der Waals surface area contributed by atoms with Crippen molar-refractivity contribution in [2.75, 3.05) is 12.4 Å². The molecule has 7 nitrogen and oxygen atoms in total. The number of phenols is 1. The van der Waals surface area contributed by atoms with Gasteiger partial charge < -0.3 is 14.4 Å². The molecule has 1 N–H and O–H groups in total. The number of carbonyl (C=O) groups excluding carboxylic acids is 2. The minimum atomic E-state index is -4.35. The van der Waals surface area contributed by atoms with Gasteiger partial charge in [-0.15, -0.1) is 0 Å². The average Bonchev–Trinajstić information content (AvgIpc) is 2.56. The first-order valence-electron chi connectivity index (χ1n) is 7.40. The molecule has 0 aromatic heterocycles. The van der Waals surface area contributed by atoms with Gasteiger partial charge in [0.05, 0.1) is 27.9 Å². The van der Waals surface area contributed by atoms with E-state index in [0.717, 1.165) is 0 Å². The van der Waals surface area contributed by atoms with Gasteiger partial charge in [-0.2, -0.15) is 0 Å². The maximum atomic E-state index is 12.7. The van der Waals surface area contributed by atoms with Gasteiger partial charge in [0.2, 0.25) is 0 Å². The van der Waals surface area contributed by atoms with E-state index in [1.54, 1.807) is 12.1 Å². The first-order chi connectivity index (χ1) is 11.8. The Hall–Kier alpha value is -2.71. The van der Waals surface area contributed by atoms with Crippen LogP contribution in [0.1, 0.15) is 38.3 Å². The molecule has 0 unspecified atom stereocenters. The lowest BCUT2D eigenvalue weighted by molar-refractivity contribution is 0.0973. The quantitative estimate of drug-likeness (QED) is 0.540. The molecular weight excluding hydrogens is 348 g/mol. The van der Waals surface area contributed by atoms with Crippen LogP contribution in [-0.2, 0) is 10.1 Å². The van der Waals surface area contributed by atoms with E-state index >= 15 is 0 Å². The molecule has 1 aliphatic carbocycles. The minimum absolute atomic E-state index is 0.0554. The molecule has 0 aliphatic heterocycles. The van der Waals surface area contributed by atoms with Crippen LogP contribution in [0.4, 0.5) is 0 Å². The summed E-state index contributed by atoms with van der Waals surface area (Å²) >= 11 is 0. The Morgan fingerprint density at radius 2 is 1.56 bits per heavy atom. The Balaban J connectivity index is 1.96. The average molecular weight is 361 g/mol. The van der Waals surface area contributed by atoms with Crippen molar-refractivity contribution in [3.63, 3.8) is 0 Å². The van der Waals surface area contributed by atoms with Crippen LogP contribution in [0.15, 0.2) is 36.4 Å². The van der Waals surface area contributed by atoms with Gasteiger partial charge in [0, 0.05) is 16.9 Å². The first-order valence-corrected chi connectivity index (χ1v) is 8.98. The van der Waals surface area contributed by atoms with Crippen molar-refractivity contribution in [2.45, 2.75) is 6.42 Å². The largest absolute Gasteiger partial charge is 0.748 e. The van der Waals surface area contributed by atoms with Crippen LogP contribution in [0, 0.1) is 0 Å². The van der Waals surface area contributed by atoms with Crippen molar-refractivity contribution in [1.82, 2.24) is 0 Å². The van der Waals surface area contributed by atoms with Crippen LogP contribution in [-0.4, -0.2) is 42.0 Å². The SMILES string of the molecule is O=C1c2ccccc2C(=O)c2c(OCCCS(=O)(=O)[O-])ccc(O)c21. The van der Waals surface area contributed by atoms with Gasteiger partial charge >= 0.3 is 0 Å². The number of phenolic OH excluding ortho intramolecular Hbond substituents is 1. The highest BCUT2D eigenvalue weighted by atomic mass is 32.2. The molecule has 0 fully saturated rings. The second kappa shape index (κ2) is 6.30. The summed E-state index contributed by atoms with van der Waals surface area (Å²) < 4.78 is 37.2. The highest BCUT2D eigenvalue weighted by Crippen LogP contribution is 2.38. The molecule has 25 heavy (non-hydrogen) atoms. The van der Waals surface area contributed by atoms with Crippen LogP contribution in [0.2, 0.25) is 0 Å². The van der Waals surface area contributed by atoms with Crippen LogP contribution in [0.5, 0.6) is 11.5 Å². The van der Waals surface area contributed by atoms with Crippen LogP contribution in [0.25, 0.3) is 0 Å². The molecule has 0 radical (unpaired) electrons. The number of ether oxygens (including phenoxy) is 1. The van der Waals surface area contributed by atoms with Crippen LogP contribution < -0.4 is 4.74 Å². The normalized spacial score (nSPS) is 13.3. The van der Waals surface area contributed by atoms with Crippen molar-refractivity contribution >= 4 is 21.7 Å². The zero-order valence-corrected chi connectivity index (χ0v) is 13.7. The molecule has 1 aliphatic rings. The zero-order valence-electron chi connectivity index (χ0n) is 12.9. The third-order valence-corrected chi connectivity index (χ3v) is 4.60. The fourth-order valence-electron chi connectivity index (χ4n) is 2.71. The summed E-state index contributed by atoms with van der Waals surface area (Å²) in [5.41, 5.74) is 0.203. The molecule has 0 bridgehead atoms. The molecule has 2 aromatic carbocycles. The number of ketones is 2. The minimum Gasteiger partial charge on any atom is -0.748 e. The zero-order chi connectivity index (χ0) is 18.2. The predicted molar refractivity (Wildman–Crippen MR) is 86.1 cm³/mol. The number of aromatic hydroxyl groups is 1. The van der Waals surface area contributed by atoms with Crippen molar-refractivity contribution in [2.24, 2.45) is 0 Å². The Bertz CT molecular complexity index is 976. The molecule has 8 heteroatoms. The van der Waals surface area contributed by atoms with E-state index in [1.165, 1.54) is 24.3 Å². The number of hydrogen-bond acceptors (Lipinski definition) is 7. The molecule has 3 rings (SSSR count). The lowest BCUT2D eigenvalue weighted by Gasteiger charge is -2.21. The fourth-order valence-corrected chi connectivity index (χ4v) is 3.19. The van der Waals surface area contributed by atoms with E-state index in [1.807, 2.05) is 0 Å². The summed E-state index contributed by atoms with van der Waals surface area (Å²) in [6.07, 6.45) is -0.0554. The molecular formula is C17H13O7S-.